The molecule has 0 saturated heterocycles. The first-order valence-electron chi connectivity index (χ1n) is 5.78. The number of hydrogen-bond acceptors (Lipinski definition) is 4. The summed E-state index contributed by atoms with van der Waals surface area (Å²) < 4.78 is 6.24. The minimum absolute atomic E-state index is 0.312. The smallest absolute Gasteiger partial charge is 0.178 e. The molecule has 2 N–H and O–H groups in total. The summed E-state index contributed by atoms with van der Waals surface area (Å²) in [7, 11) is 0. The highest BCUT2D eigenvalue weighted by Crippen LogP contribution is 2.39. The molecule has 0 aliphatic rings. The second-order valence-corrected chi connectivity index (χ2v) is 5.46. The van der Waals surface area contributed by atoms with Gasteiger partial charge in [-0.2, -0.15) is 0 Å². The van der Waals surface area contributed by atoms with Crippen molar-refractivity contribution in [2.45, 2.75) is 0 Å². The molecule has 0 spiro atoms. The summed E-state index contributed by atoms with van der Waals surface area (Å²) >= 11 is 9.63. The third kappa shape index (κ3) is 2.30. The fourth-order valence-electron chi connectivity index (χ4n) is 1.95. The zero-order valence-corrected chi connectivity index (χ0v) is 12.5. The summed E-state index contributed by atoms with van der Waals surface area (Å²) in [6.45, 7) is 0. The largest absolute Gasteiger partial charge is 0.380 e. The van der Waals surface area contributed by atoms with E-state index in [-0.39, 0.29) is 0 Å². The van der Waals surface area contributed by atoms with Crippen LogP contribution in [0.5, 0.6) is 0 Å². The Balaban J connectivity index is 2.21. The Kier molecular flexibility index (Phi) is 3.46. The zero-order chi connectivity index (χ0) is 14.1. The molecule has 0 aliphatic heterocycles. The number of rotatable bonds is 2. The monoisotopic (exact) mass is 349 g/mol. The van der Waals surface area contributed by atoms with E-state index in [0.717, 1.165) is 15.6 Å². The summed E-state index contributed by atoms with van der Waals surface area (Å²) in [5.41, 5.74) is 8.17. The number of aromatic nitrogens is 2. The van der Waals surface area contributed by atoms with Crippen LogP contribution in [-0.4, -0.2) is 10.1 Å². The molecule has 0 bridgehead atoms. The highest BCUT2D eigenvalue weighted by Gasteiger charge is 2.19. The number of anilines is 1. The number of hydrogen-bond donors (Lipinski definition) is 1. The number of nitrogens with two attached hydrogens (primary N) is 1. The van der Waals surface area contributed by atoms with Crippen LogP contribution >= 0.6 is 27.5 Å². The highest BCUT2D eigenvalue weighted by molar-refractivity contribution is 9.10. The van der Waals surface area contributed by atoms with Crippen molar-refractivity contribution >= 4 is 33.3 Å². The number of halogens is 2. The zero-order valence-electron chi connectivity index (χ0n) is 10.2. The first-order chi connectivity index (χ1) is 9.66. The lowest BCUT2D eigenvalue weighted by atomic mass is 10.0. The van der Waals surface area contributed by atoms with Gasteiger partial charge in [-0.15, -0.1) is 0 Å². The quantitative estimate of drug-likeness (QED) is 0.744. The number of benzene rings is 1. The summed E-state index contributed by atoms with van der Waals surface area (Å²) in [5, 5.41) is 4.39. The molecule has 20 heavy (non-hydrogen) atoms. The van der Waals surface area contributed by atoms with Crippen molar-refractivity contribution in [3.63, 3.8) is 0 Å². The maximum atomic E-state index is 6.26. The van der Waals surface area contributed by atoms with Crippen molar-refractivity contribution in [3.05, 3.63) is 52.2 Å². The fourth-order valence-corrected chi connectivity index (χ4v) is 2.71. The average molecular weight is 351 g/mol. The van der Waals surface area contributed by atoms with Crippen LogP contribution in [0.1, 0.15) is 0 Å². The van der Waals surface area contributed by atoms with Crippen LogP contribution < -0.4 is 5.73 Å². The molecule has 1 aromatic carbocycles. The number of nitrogens with zero attached hydrogens (tertiary/aromatic N) is 2. The second-order valence-electron chi connectivity index (χ2n) is 4.14. The van der Waals surface area contributed by atoms with Gasteiger partial charge in [-0.05, 0) is 24.3 Å². The van der Waals surface area contributed by atoms with Gasteiger partial charge in [0.15, 0.2) is 11.6 Å². The number of nitrogen functional groups attached to an aromatic ring is 1. The van der Waals surface area contributed by atoms with Gasteiger partial charge in [-0.1, -0.05) is 38.8 Å². The highest BCUT2D eigenvalue weighted by atomic mass is 79.9. The van der Waals surface area contributed by atoms with Gasteiger partial charge < -0.3 is 10.3 Å². The van der Waals surface area contributed by atoms with Gasteiger partial charge in [0.2, 0.25) is 0 Å². The van der Waals surface area contributed by atoms with Crippen LogP contribution in [0.15, 0.2) is 51.7 Å². The molecule has 2 heterocycles. The third-order valence-corrected chi connectivity index (χ3v) is 3.65. The summed E-state index contributed by atoms with van der Waals surface area (Å²) in [5.74, 6) is 0.847. The number of pyridine rings is 1. The van der Waals surface area contributed by atoms with E-state index in [4.69, 9.17) is 21.9 Å². The molecule has 4 nitrogen and oxygen atoms in total. The Morgan fingerprint density at radius 2 is 2.10 bits per heavy atom. The van der Waals surface area contributed by atoms with Crippen molar-refractivity contribution in [1.82, 2.24) is 10.1 Å². The molecule has 2 aromatic heterocycles. The predicted molar refractivity (Wildman–Crippen MR) is 82.3 cm³/mol. The van der Waals surface area contributed by atoms with Crippen molar-refractivity contribution < 1.29 is 4.52 Å². The van der Waals surface area contributed by atoms with Crippen LogP contribution in [0.25, 0.3) is 22.5 Å². The van der Waals surface area contributed by atoms with E-state index in [1.807, 2.05) is 24.3 Å². The molecule has 3 rings (SSSR count). The molecule has 0 aliphatic carbocycles. The molecule has 0 radical (unpaired) electrons. The van der Waals surface area contributed by atoms with Gasteiger partial charge in [-0.3, -0.25) is 4.98 Å². The maximum absolute atomic E-state index is 6.26. The first-order valence-corrected chi connectivity index (χ1v) is 6.95. The Morgan fingerprint density at radius 3 is 2.80 bits per heavy atom. The molecule has 0 amide bonds. The lowest BCUT2D eigenvalue weighted by molar-refractivity contribution is 0.436. The fraction of sp³-hybridized carbons (Fsp3) is 0. The Bertz CT molecular complexity index is 758. The molecular weight excluding hydrogens is 342 g/mol. The van der Waals surface area contributed by atoms with Gasteiger partial charge in [0.25, 0.3) is 0 Å². The molecule has 0 atom stereocenters. The SMILES string of the molecule is Nc1noc(-c2ccc(Br)cc2Cl)c1-c1cccnc1. The van der Waals surface area contributed by atoms with Crippen LogP contribution in [0, 0.1) is 0 Å². The maximum Gasteiger partial charge on any atom is 0.178 e. The van der Waals surface area contributed by atoms with Crippen molar-refractivity contribution in [2.75, 3.05) is 5.73 Å². The van der Waals surface area contributed by atoms with Crippen molar-refractivity contribution in [2.24, 2.45) is 0 Å². The van der Waals surface area contributed by atoms with E-state index >= 15 is 0 Å². The minimum Gasteiger partial charge on any atom is -0.380 e. The van der Waals surface area contributed by atoms with Crippen LogP contribution in [0.3, 0.4) is 0 Å². The molecule has 3 aromatic rings. The molecule has 0 unspecified atom stereocenters. The lowest BCUT2D eigenvalue weighted by Gasteiger charge is -2.04. The average Bonchev–Trinajstić information content (AvgIpc) is 2.81. The Morgan fingerprint density at radius 1 is 1.25 bits per heavy atom. The third-order valence-electron chi connectivity index (χ3n) is 2.84. The van der Waals surface area contributed by atoms with Crippen LogP contribution in [0.4, 0.5) is 5.82 Å². The van der Waals surface area contributed by atoms with Gasteiger partial charge in [0, 0.05) is 28.0 Å². The molecule has 100 valence electrons. The second kappa shape index (κ2) is 5.26. The molecular formula is C14H9BrClN3O. The van der Waals surface area contributed by atoms with E-state index in [0.29, 0.717) is 22.2 Å². The van der Waals surface area contributed by atoms with Gasteiger partial charge in [0.05, 0.1) is 10.6 Å². The van der Waals surface area contributed by atoms with Gasteiger partial charge in [-0.25, -0.2) is 0 Å². The minimum atomic E-state index is 0.312. The predicted octanol–water partition coefficient (Wildman–Crippen LogP) is 4.40. The molecule has 0 fully saturated rings. The molecule has 0 saturated carbocycles. The normalized spacial score (nSPS) is 10.7. The first kappa shape index (κ1) is 13.1. The summed E-state index contributed by atoms with van der Waals surface area (Å²) in [4.78, 5) is 4.09. The van der Waals surface area contributed by atoms with Crippen LogP contribution in [-0.2, 0) is 0 Å². The lowest BCUT2D eigenvalue weighted by Crippen LogP contribution is -1.89. The van der Waals surface area contributed by atoms with E-state index in [1.54, 1.807) is 18.5 Å². The van der Waals surface area contributed by atoms with Gasteiger partial charge >= 0.3 is 0 Å². The van der Waals surface area contributed by atoms with Crippen molar-refractivity contribution in [3.8, 4) is 22.5 Å². The summed E-state index contributed by atoms with van der Waals surface area (Å²) in [6, 6.07) is 9.25. The Labute approximate surface area is 128 Å². The van der Waals surface area contributed by atoms with Crippen molar-refractivity contribution in [1.29, 1.82) is 0 Å². The van der Waals surface area contributed by atoms with E-state index in [2.05, 4.69) is 26.1 Å². The summed E-state index contributed by atoms with van der Waals surface area (Å²) in [6.07, 6.45) is 3.40. The van der Waals surface area contributed by atoms with Gasteiger partial charge in [0.1, 0.15) is 0 Å². The Hall–Kier alpha value is -1.85. The van der Waals surface area contributed by atoms with E-state index in [9.17, 15) is 0 Å². The molecule has 6 heteroatoms. The topological polar surface area (TPSA) is 64.9 Å². The van der Waals surface area contributed by atoms with E-state index < -0.39 is 0 Å². The van der Waals surface area contributed by atoms with E-state index in [1.165, 1.54) is 0 Å². The standard InChI is InChI=1S/C14H9BrClN3O/c15-9-3-4-10(11(16)6-9)13-12(14(17)19-20-13)8-2-1-5-18-7-8/h1-7H,(H2,17,19). The van der Waals surface area contributed by atoms with Crippen LogP contribution in [0.2, 0.25) is 5.02 Å².